The first-order chi connectivity index (χ1) is 14.1. The maximum atomic E-state index is 14.5. The molecule has 0 unspecified atom stereocenters. The Hall–Kier alpha value is -3.22. The summed E-state index contributed by atoms with van der Waals surface area (Å²) >= 11 is 0. The first-order valence-corrected chi connectivity index (χ1v) is 9.34. The first-order valence-electron chi connectivity index (χ1n) is 9.84. The smallest absolute Gasteiger partial charge is 0.408 e. The molecule has 6 nitrogen and oxygen atoms in total. The maximum absolute atomic E-state index is 14.5. The molecule has 1 atom stereocenters. The van der Waals surface area contributed by atoms with Crippen LogP contribution >= 0.6 is 0 Å². The van der Waals surface area contributed by atoms with Crippen molar-refractivity contribution in [3.05, 3.63) is 70.5 Å². The van der Waals surface area contributed by atoms with Crippen molar-refractivity contribution < 1.29 is 15.3 Å². The predicted molar refractivity (Wildman–Crippen MR) is 110 cm³/mol. The van der Waals surface area contributed by atoms with Crippen LogP contribution in [-0.2, 0) is 4.74 Å². The minimum Gasteiger partial charge on any atom is -0.444 e. The molecule has 0 fully saturated rings. The van der Waals surface area contributed by atoms with Crippen LogP contribution in [0.2, 0.25) is 0 Å². The Balaban J connectivity index is 2.27. The number of fused-ring (bicyclic) bond motifs is 1. The lowest BCUT2D eigenvalue weighted by Gasteiger charge is -2.24. The van der Waals surface area contributed by atoms with Gasteiger partial charge in [-0.3, -0.25) is 9.36 Å². The second-order valence-corrected chi connectivity index (χ2v) is 7.50. The summed E-state index contributed by atoms with van der Waals surface area (Å²) in [4.78, 5) is 30.2. The lowest BCUT2D eigenvalue weighted by Crippen LogP contribution is -2.37. The third-order valence-electron chi connectivity index (χ3n) is 4.14. The van der Waals surface area contributed by atoms with Crippen LogP contribution in [0.5, 0.6) is 0 Å². The molecular weight excluding hydrogens is 373 g/mol. The fourth-order valence-corrected chi connectivity index (χ4v) is 2.94. The topological polar surface area (TPSA) is 73.2 Å². The van der Waals surface area contributed by atoms with E-state index in [-0.39, 0.29) is 23.1 Å². The minimum atomic E-state index is -1.79. The van der Waals surface area contributed by atoms with E-state index < -0.39 is 29.1 Å². The summed E-state index contributed by atoms with van der Waals surface area (Å²) < 4.78 is 29.9. The van der Waals surface area contributed by atoms with Crippen LogP contribution in [0.4, 0.5) is 9.18 Å². The fraction of sp³-hybridized carbons (Fsp3) is 0.318. The number of ether oxygens (including phenoxy) is 1. The summed E-state index contributed by atoms with van der Waals surface area (Å²) in [6.07, 6.45) is -0.723. The van der Waals surface area contributed by atoms with Crippen molar-refractivity contribution in [1.82, 2.24) is 14.9 Å². The molecule has 0 aliphatic rings. The zero-order valence-electron chi connectivity index (χ0n) is 17.8. The fourth-order valence-electron chi connectivity index (χ4n) is 2.94. The van der Waals surface area contributed by atoms with Crippen molar-refractivity contribution in [2.75, 3.05) is 0 Å². The number of hydrogen-bond acceptors (Lipinski definition) is 4. The van der Waals surface area contributed by atoms with Gasteiger partial charge in [-0.2, -0.15) is 0 Å². The summed E-state index contributed by atoms with van der Waals surface area (Å²) in [5, 5.41) is 2.34. The highest BCUT2D eigenvalue weighted by molar-refractivity contribution is 5.79. The molecule has 3 aromatic rings. The number of nitrogens with zero attached hydrogens (tertiary/aromatic N) is 2. The highest BCUT2D eigenvalue weighted by Gasteiger charge is 2.25. The Labute approximate surface area is 169 Å². The molecule has 0 aliphatic heterocycles. The van der Waals surface area contributed by atoms with Crippen molar-refractivity contribution in [3.8, 4) is 5.69 Å². The van der Waals surface area contributed by atoms with Crippen molar-refractivity contribution in [2.45, 2.75) is 45.7 Å². The lowest BCUT2D eigenvalue weighted by molar-refractivity contribution is 0.0499. The molecule has 3 rings (SSSR count). The van der Waals surface area contributed by atoms with Crippen molar-refractivity contribution >= 4 is 17.0 Å². The van der Waals surface area contributed by atoms with E-state index in [4.69, 9.17) is 6.11 Å². The molecule has 2 aromatic carbocycles. The van der Waals surface area contributed by atoms with E-state index in [0.717, 1.165) is 0 Å². The van der Waals surface area contributed by atoms with E-state index in [9.17, 15) is 14.0 Å². The van der Waals surface area contributed by atoms with Gasteiger partial charge in [-0.05, 0) is 51.5 Å². The molecule has 29 heavy (non-hydrogen) atoms. The standard InChI is InChI=1S/C22H24FN3O3/c1-5-16(25-21(28)29-22(2,3)4)19-24-17-13-9-12-15(23)18(17)20(27)26(19)14-10-7-6-8-11-14/h6-13,16H,5H2,1-4H3,(H,25,28)/t16-/m0/s1/i16D. The molecular formula is C22H24FN3O3. The Morgan fingerprint density at radius 2 is 1.93 bits per heavy atom. The number of amides is 1. The van der Waals surface area contributed by atoms with Crippen LogP contribution in [0, 0.1) is 5.82 Å². The van der Waals surface area contributed by atoms with Gasteiger partial charge in [-0.1, -0.05) is 31.2 Å². The van der Waals surface area contributed by atoms with Gasteiger partial charge in [0.05, 0.1) is 18.6 Å². The zero-order valence-corrected chi connectivity index (χ0v) is 16.8. The molecule has 1 amide bonds. The molecule has 1 aromatic heterocycles. The number of para-hydroxylation sites is 1. The summed E-state index contributed by atoms with van der Waals surface area (Å²) in [5.41, 5.74) is -0.905. The van der Waals surface area contributed by atoms with Gasteiger partial charge >= 0.3 is 6.09 Å². The Morgan fingerprint density at radius 1 is 1.24 bits per heavy atom. The van der Waals surface area contributed by atoms with Gasteiger partial charge in [0.15, 0.2) is 0 Å². The Bertz CT molecular complexity index is 1140. The summed E-state index contributed by atoms with van der Waals surface area (Å²) in [6, 6.07) is 10.9. The third-order valence-corrected chi connectivity index (χ3v) is 4.14. The van der Waals surface area contributed by atoms with E-state index >= 15 is 0 Å². The normalized spacial score (nSPS) is 14.2. The van der Waals surface area contributed by atoms with E-state index in [1.807, 2.05) is 0 Å². The van der Waals surface area contributed by atoms with Gasteiger partial charge in [-0.15, -0.1) is 0 Å². The molecule has 1 heterocycles. The van der Waals surface area contributed by atoms with Crippen LogP contribution < -0.4 is 10.9 Å². The molecule has 0 aliphatic carbocycles. The van der Waals surface area contributed by atoms with Gasteiger partial charge in [0.1, 0.15) is 22.6 Å². The number of carbonyl (C=O) groups is 1. The Kier molecular flexibility index (Phi) is 5.29. The summed E-state index contributed by atoms with van der Waals surface area (Å²) in [6.45, 7) is 6.81. The average Bonchev–Trinajstić information content (AvgIpc) is 2.66. The third kappa shape index (κ3) is 4.45. The molecule has 0 saturated heterocycles. The van der Waals surface area contributed by atoms with Crippen molar-refractivity contribution in [2.24, 2.45) is 0 Å². The number of benzene rings is 2. The number of carbonyl (C=O) groups excluding carboxylic acids is 1. The monoisotopic (exact) mass is 398 g/mol. The number of nitrogens with one attached hydrogen (secondary N) is 1. The highest BCUT2D eigenvalue weighted by atomic mass is 19.1. The lowest BCUT2D eigenvalue weighted by atomic mass is 10.1. The van der Waals surface area contributed by atoms with Gasteiger partial charge in [0.2, 0.25) is 0 Å². The van der Waals surface area contributed by atoms with Gasteiger partial charge in [0, 0.05) is 0 Å². The molecule has 0 bridgehead atoms. The van der Waals surface area contributed by atoms with E-state index in [1.54, 1.807) is 58.0 Å². The molecule has 152 valence electrons. The van der Waals surface area contributed by atoms with Crippen LogP contribution in [0.15, 0.2) is 53.3 Å². The average molecular weight is 398 g/mol. The first kappa shape index (κ1) is 19.1. The number of aromatic nitrogens is 2. The molecule has 7 heteroatoms. The largest absolute Gasteiger partial charge is 0.444 e. The van der Waals surface area contributed by atoms with E-state index in [2.05, 4.69) is 10.3 Å². The number of hydrogen-bond donors (Lipinski definition) is 1. The van der Waals surface area contributed by atoms with Gasteiger partial charge < -0.3 is 10.1 Å². The quantitative estimate of drug-likeness (QED) is 0.702. The molecule has 0 saturated carbocycles. The number of rotatable bonds is 4. The zero-order chi connectivity index (χ0) is 22.1. The minimum absolute atomic E-state index is 0.0369. The maximum Gasteiger partial charge on any atom is 0.408 e. The van der Waals surface area contributed by atoms with Crippen LogP contribution in [0.3, 0.4) is 0 Å². The van der Waals surface area contributed by atoms with Crippen molar-refractivity contribution in [1.29, 1.82) is 0 Å². The summed E-state index contributed by atoms with van der Waals surface area (Å²) in [7, 11) is 0. The molecule has 1 N–H and O–H groups in total. The highest BCUT2D eigenvalue weighted by Crippen LogP contribution is 2.22. The second-order valence-electron chi connectivity index (χ2n) is 7.50. The molecule has 0 spiro atoms. The van der Waals surface area contributed by atoms with Gasteiger partial charge in [-0.25, -0.2) is 14.2 Å². The van der Waals surface area contributed by atoms with Crippen LogP contribution in [0.25, 0.3) is 16.6 Å². The SMILES string of the molecule is [2H][C@@](CC)(NC(=O)OC(C)(C)C)c1nc2cccc(F)c2c(=O)n1-c1ccccc1. The van der Waals surface area contributed by atoms with Gasteiger partial charge in [0.25, 0.3) is 5.56 Å². The van der Waals surface area contributed by atoms with Crippen LogP contribution in [-0.4, -0.2) is 21.2 Å². The van der Waals surface area contributed by atoms with E-state index in [0.29, 0.717) is 5.69 Å². The summed E-state index contributed by atoms with van der Waals surface area (Å²) in [5.74, 6) is -0.737. The second kappa shape index (κ2) is 8.03. The Morgan fingerprint density at radius 3 is 2.55 bits per heavy atom. The predicted octanol–water partition coefficient (Wildman–Crippen LogP) is 4.50. The van der Waals surface area contributed by atoms with Crippen molar-refractivity contribution in [3.63, 3.8) is 0 Å². The van der Waals surface area contributed by atoms with E-state index in [1.165, 1.54) is 22.8 Å². The number of alkyl carbamates (subject to hydrolysis) is 1. The van der Waals surface area contributed by atoms with Crippen LogP contribution in [0.1, 0.15) is 47.3 Å². The number of halogens is 1. The molecule has 0 radical (unpaired) electrons.